The Hall–Kier alpha value is -2.15. The summed E-state index contributed by atoms with van der Waals surface area (Å²) in [7, 11) is 0. The molecular weight excluding hydrogens is 250 g/mol. The van der Waals surface area contributed by atoms with Gasteiger partial charge < -0.3 is 10.4 Å². The number of aromatic hydroxyl groups is 1. The molecule has 4 N–H and O–H groups in total. The van der Waals surface area contributed by atoms with E-state index in [4.69, 9.17) is 0 Å². The number of amides is 2. The van der Waals surface area contributed by atoms with Crippen LogP contribution in [0.4, 0.5) is 0 Å². The van der Waals surface area contributed by atoms with Crippen molar-refractivity contribution in [2.45, 2.75) is 12.8 Å². The molecule has 1 saturated heterocycles. The predicted molar refractivity (Wildman–Crippen MR) is 66.8 cm³/mol. The van der Waals surface area contributed by atoms with Crippen molar-refractivity contribution in [1.29, 1.82) is 0 Å². The Bertz CT molecular complexity index is 546. The summed E-state index contributed by atoms with van der Waals surface area (Å²) in [6, 6.07) is 2.14. The SMILES string of the molecule is O=C(NC(=O)C1CCNCC1)c1cc(O)[nH]c(=O)c1. The van der Waals surface area contributed by atoms with Crippen molar-refractivity contribution in [3.8, 4) is 5.88 Å². The minimum Gasteiger partial charge on any atom is -0.494 e. The van der Waals surface area contributed by atoms with Crippen LogP contribution in [0.5, 0.6) is 5.88 Å². The lowest BCUT2D eigenvalue weighted by Crippen LogP contribution is -2.40. The van der Waals surface area contributed by atoms with Crippen molar-refractivity contribution in [1.82, 2.24) is 15.6 Å². The van der Waals surface area contributed by atoms with Crippen LogP contribution in [0.15, 0.2) is 16.9 Å². The molecule has 1 aromatic rings. The third kappa shape index (κ3) is 3.41. The molecule has 0 unspecified atom stereocenters. The molecule has 0 aromatic carbocycles. The molecule has 0 radical (unpaired) electrons. The molecule has 1 fully saturated rings. The van der Waals surface area contributed by atoms with E-state index in [1.165, 1.54) is 0 Å². The highest BCUT2D eigenvalue weighted by molar-refractivity contribution is 6.05. The monoisotopic (exact) mass is 265 g/mol. The highest BCUT2D eigenvalue weighted by atomic mass is 16.3. The largest absolute Gasteiger partial charge is 0.494 e. The lowest BCUT2D eigenvalue weighted by molar-refractivity contribution is -0.124. The van der Waals surface area contributed by atoms with Gasteiger partial charge in [0, 0.05) is 18.1 Å². The fourth-order valence-electron chi connectivity index (χ4n) is 2.03. The van der Waals surface area contributed by atoms with Crippen molar-refractivity contribution in [3.05, 3.63) is 28.0 Å². The van der Waals surface area contributed by atoms with Crippen LogP contribution in [0.3, 0.4) is 0 Å². The van der Waals surface area contributed by atoms with Crippen LogP contribution < -0.4 is 16.2 Å². The van der Waals surface area contributed by atoms with Crippen LogP contribution in [0.1, 0.15) is 23.2 Å². The van der Waals surface area contributed by atoms with E-state index in [-0.39, 0.29) is 17.4 Å². The topological polar surface area (TPSA) is 111 Å². The van der Waals surface area contributed by atoms with E-state index in [1.54, 1.807) is 0 Å². The standard InChI is InChI=1S/C12H15N3O4/c16-9-5-8(6-10(17)14-9)12(19)15-11(18)7-1-3-13-4-2-7/h5-7,13H,1-4H2,(H2,14,16,17)(H,15,18,19). The van der Waals surface area contributed by atoms with Gasteiger partial charge in [-0.05, 0) is 25.9 Å². The van der Waals surface area contributed by atoms with Crippen LogP contribution in [-0.4, -0.2) is 35.0 Å². The fraction of sp³-hybridized carbons (Fsp3) is 0.417. The van der Waals surface area contributed by atoms with E-state index >= 15 is 0 Å². The first-order chi connectivity index (χ1) is 9.06. The van der Waals surface area contributed by atoms with E-state index in [0.717, 1.165) is 25.2 Å². The molecule has 0 atom stereocenters. The Kier molecular flexibility index (Phi) is 3.96. The normalized spacial score (nSPS) is 16.0. The Balaban J connectivity index is 2.03. The zero-order valence-electron chi connectivity index (χ0n) is 10.2. The van der Waals surface area contributed by atoms with Crippen LogP contribution in [0, 0.1) is 5.92 Å². The van der Waals surface area contributed by atoms with Crippen molar-refractivity contribution >= 4 is 11.8 Å². The summed E-state index contributed by atoms with van der Waals surface area (Å²) in [6.45, 7) is 1.50. The summed E-state index contributed by atoms with van der Waals surface area (Å²) in [5, 5.41) is 14.6. The Morgan fingerprint density at radius 2 is 1.95 bits per heavy atom. The first-order valence-corrected chi connectivity index (χ1v) is 6.05. The maximum atomic E-state index is 11.8. The average Bonchev–Trinajstić information content (AvgIpc) is 2.38. The van der Waals surface area contributed by atoms with E-state index in [0.29, 0.717) is 12.8 Å². The third-order valence-corrected chi connectivity index (χ3v) is 3.04. The number of H-pyrrole nitrogens is 1. The molecule has 0 aliphatic carbocycles. The molecule has 7 nitrogen and oxygen atoms in total. The van der Waals surface area contributed by atoms with Gasteiger partial charge in [0.2, 0.25) is 5.91 Å². The lowest BCUT2D eigenvalue weighted by Gasteiger charge is -2.21. The molecule has 2 amide bonds. The molecule has 1 aliphatic rings. The number of carbonyl (C=O) groups excluding carboxylic acids is 2. The van der Waals surface area contributed by atoms with E-state index in [9.17, 15) is 19.5 Å². The molecule has 1 aromatic heterocycles. The molecule has 7 heteroatoms. The smallest absolute Gasteiger partial charge is 0.258 e. The number of nitrogens with one attached hydrogen (secondary N) is 3. The predicted octanol–water partition coefficient (Wildman–Crippen LogP) is -0.663. The number of aromatic amines is 1. The maximum absolute atomic E-state index is 11.8. The number of pyridine rings is 1. The van der Waals surface area contributed by atoms with Gasteiger partial charge in [-0.3, -0.25) is 24.7 Å². The summed E-state index contributed by atoms with van der Waals surface area (Å²) in [6.07, 6.45) is 1.36. The molecule has 0 bridgehead atoms. The number of rotatable bonds is 2. The molecule has 2 rings (SSSR count). The zero-order chi connectivity index (χ0) is 13.8. The van der Waals surface area contributed by atoms with Crippen molar-refractivity contribution in [2.24, 2.45) is 5.92 Å². The highest BCUT2D eigenvalue weighted by Crippen LogP contribution is 2.12. The van der Waals surface area contributed by atoms with Crippen LogP contribution in [0.2, 0.25) is 0 Å². The second-order valence-electron chi connectivity index (χ2n) is 4.46. The van der Waals surface area contributed by atoms with Crippen LogP contribution >= 0.6 is 0 Å². The van der Waals surface area contributed by atoms with E-state index < -0.39 is 17.3 Å². The minimum atomic E-state index is -0.676. The average molecular weight is 265 g/mol. The number of aromatic nitrogens is 1. The van der Waals surface area contributed by atoms with Gasteiger partial charge in [0.1, 0.15) is 0 Å². The summed E-state index contributed by atoms with van der Waals surface area (Å²) in [4.78, 5) is 36.9. The molecule has 0 spiro atoms. The van der Waals surface area contributed by atoms with Gasteiger partial charge in [-0.2, -0.15) is 0 Å². The van der Waals surface area contributed by atoms with Gasteiger partial charge >= 0.3 is 0 Å². The first kappa shape index (κ1) is 13.3. The molecule has 0 saturated carbocycles. The van der Waals surface area contributed by atoms with E-state index in [2.05, 4.69) is 15.6 Å². The van der Waals surface area contributed by atoms with Crippen molar-refractivity contribution in [3.63, 3.8) is 0 Å². The second-order valence-corrected chi connectivity index (χ2v) is 4.46. The summed E-state index contributed by atoms with van der Waals surface area (Å²) in [5.41, 5.74) is -0.636. The van der Waals surface area contributed by atoms with Gasteiger partial charge in [-0.1, -0.05) is 0 Å². The first-order valence-electron chi connectivity index (χ1n) is 6.05. The molecule has 2 heterocycles. The molecule has 102 valence electrons. The van der Waals surface area contributed by atoms with Gasteiger partial charge in [-0.25, -0.2) is 0 Å². The van der Waals surface area contributed by atoms with E-state index in [1.807, 2.05) is 0 Å². The fourth-order valence-corrected chi connectivity index (χ4v) is 2.03. The van der Waals surface area contributed by atoms with Gasteiger partial charge in [-0.15, -0.1) is 0 Å². The van der Waals surface area contributed by atoms with Crippen molar-refractivity contribution < 1.29 is 14.7 Å². The number of hydrogen-bond donors (Lipinski definition) is 4. The van der Waals surface area contributed by atoms with Crippen LogP contribution in [0.25, 0.3) is 0 Å². The maximum Gasteiger partial charge on any atom is 0.258 e. The van der Waals surface area contributed by atoms with Gasteiger partial charge in [0.15, 0.2) is 5.88 Å². The van der Waals surface area contributed by atoms with Gasteiger partial charge in [0.05, 0.1) is 5.56 Å². The number of carbonyl (C=O) groups is 2. The summed E-state index contributed by atoms with van der Waals surface area (Å²) < 4.78 is 0. The summed E-state index contributed by atoms with van der Waals surface area (Å²) in [5.74, 6) is -1.62. The van der Waals surface area contributed by atoms with Crippen molar-refractivity contribution in [2.75, 3.05) is 13.1 Å². The Labute approximate surface area is 109 Å². The lowest BCUT2D eigenvalue weighted by atomic mass is 9.97. The second kappa shape index (κ2) is 5.66. The van der Waals surface area contributed by atoms with Crippen LogP contribution in [-0.2, 0) is 4.79 Å². The Morgan fingerprint density at radius 3 is 2.58 bits per heavy atom. The quantitative estimate of drug-likeness (QED) is 0.530. The molecule has 1 aliphatic heterocycles. The highest BCUT2D eigenvalue weighted by Gasteiger charge is 2.23. The summed E-state index contributed by atoms with van der Waals surface area (Å²) >= 11 is 0. The minimum absolute atomic E-state index is 0.0384. The van der Waals surface area contributed by atoms with Gasteiger partial charge in [0.25, 0.3) is 11.5 Å². The Morgan fingerprint density at radius 1 is 1.26 bits per heavy atom. The molecular formula is C12H15N3O4. The molecule has 19 heavy (non-hydrogen) atoms. The number of imide groups is 1. The number of piperidine rings is 1. The third-order valence-electron chi connectivity index (χ3n) is 3.04. The number of hydrogen-bond acceptors (Lipinski definition) is 5. The zero-order valence-corrected chi connectivity index (χ0v) is 10.2.